The van der Waals surface area contributed by atoms with E-state index in [1.165, 1.54) is 5.52 Å². The topological polar surface area (TPSA) is 56.2 Å². The molecule has 34 heavy (non-hydrogen) atoms. The third-order valence-electron chi connectivity index (χ3n) is 5.72. The molecule has 0 atom stereocenters. The maximum Gasteiger partial charge on any atom is 0.251 e. The Morgan fingerprint density at radius 3 is 2.59 bits per heavy atom. The van der Waals surface area contributed by atoms with Crippen molar-refractivity contribution in [2.24, 2.45) is 0 Å². The summed E-state index contributed by atoms with van der Waals surface area (Å²) in [5.74, 6) is 2.00. The number of nitrogens with one attached hydrogen (secondary N) is 1. The summed E-state index contributed by atoms with van der Waals surface area (Å²) >= 11 is 3.41. The summed E-state index contributed by atoms with van der Waals surface area (Å²) in [6.45, 7) is 2.23. The Hall–Kier alpha value is -3.12. The highest BCUT2D eigenvalue weighted by Gasteiger charge is 2.10. The predicted octanol–water partition coefficient (Wildman–Crippen LogP) is 6.41. The average molecular weight is 520 g/mol. The van der Waals surface area contributed by atoms with Crippen LogP contribution in [0, 0.1) is 0 Å². The van der Waals surface area contributed by atoms with Crippen LogP contribution in [0.1, 0.15) is 41.9 Å². The standard InChI is InChI=1S/C28H30BrN3O2/c29-23-12-9-11-22(21-23)28(33)30-18-8-2-5-17-27-31-25-15-6-7-16-26(25)32(27)19-10-20-34-24-13-3-1-4-14-24/h1,3-4,6-7,9,11-16,21H,2,5,8,10,17-20H2,(H,30,33). The van der Waals surface area contributed by atoms with Crippen molar-refractivity contribution >= 4 is 32.9 Å². The molecule has 0 aliphatic carbocycles. The van der Waals surface area contributed by atoms with Crippen molar-refractivity contribution in [2.75, 3.05) is 13.2 Å². The molecule has 4 rings (SSSR count). The molecule has 1 heterocycles. The number of aromatic nitrogens is 2. The zero-order valence-electron chi connectivity index (χ0n) is 19.3. The molecule has 0 aliphatic heterocycles. The summed E-state index contributed by atoms with van der Waals surface area (Å²) in [6, 6.07) is 25.7. The number of hydrogen-bond donors (Lipinski definition) is 1. The Morgan fingerprint density at radius 2 is 1.74 bits per heavy atom. The first kappa shape index (κ1) is 24.0. The van der Waals surface area contributed by atoms with Gasteiger partial charge in [-0.3, -0.25) is 4.79 Å². The quantitative estimate of drug-likeness (QED) is 0.220. The van der Waals surface area contributed by atoms with Gasteiger partial charge in [-0.15, -0.1) is 0 Å². The van der Waals surface area contributed by atoms with Gasteiger partial charge in [0.25, 0.3) is 5.91 Å². The second-order valence-electron chi connectivity index (χ2n) is 8.26. The summed E-state index contributed by atoms with van der Waals surface area (Å²) in [5.41, 5.74) is 2.90. The van der Waals surface area contributed by atoms with E-state index in [1.807, 2.05) is 60.7 Å². The fraction of sp³-hybridized carbons (Fsp3) is 0.286. The summed E-state index contributed by atoms with van der Waals surface area (Å²) in [7, 11) is 0. The second-order valence-corrected chi connectivity index (χ2v) is 9.18. The van der Waals surface area contributed by atoms with Crippen molar-refractivity contribution in [1.82, 2.24) is 14.9 Å². The van der Waals surface area contributed by atoms with E-state index in [-0.39, 0.29) is 5.91 Å². The van der Waals surface area contributed by atoms with Gasteiger partial charge in [-0.1, -0.05) is 58.7 Å². The van der Waals surface area contributed by atoms with Gasteiger partial charge in [0, 0.05) is 29.5 Å². The third-order valence-corrected chi connectivity index (χ3v) is 6.21. The minimum atomic E-state index is -0.0270. The zero-order valence-corrected chi connectivity index (χ0v) is 20.8. The maximum atomic E-state index is 12.3. The van der Waals surface area contributed by atoms with Crippen LogP contribution in [0.25, 0.3) is 11.0 Å². The van der Waals surface area contributed by atoms with Gasteiger partial charge >= 0.3 is 0 Å². The molecule has 6 heteroatoms. The van der Waals surface area contributed by atoms with E-state index in [4.69, 9.17) is 9.72 Å². The van der Waals surface area contributed by atoms with Crippen molar-refractivity contribution in [3.63, 3.8) is 0 Å². The molecule has 0 spiro atoms. The monoisotopic (exact) mass is 519 g/mol. The lowest BCUT2D eigenvalue weighted by Crippen LogP contribution is -2.24. The number of carbonyl (C=O) groups is 1. The Bertz CT molecular complexity index is 1210. The first-order valence-corrected chi connectivity index (χ1v) is 12.7. The number of halogens is 1. The van der Waals surface area contributed by atoms with Crippen LogP contribution >= 0.6 is 15.9 Å². The molecule has 0 bridgehead atoms. The van der Waals surface area contributed by atoms with Gasteiger partial charge in [0.1, 0.15) is 11.6 Å². The van der Waals surface area contributed by atoms with Crippen LogP contribution in [0.5, 0.6) is 5.75 Å². The molecule has 0 unspecified atom stereocenters. The summed E-state index contributed by atoms with van der Waals surface area (Å²) < 4.78 is 9.11. The van der Waals surface area contributed by atoms with Crippen LogP contribution in [-0.2, 0) is 13.0 Å². The molecule has 1 aromatic heterocycles. The van der Waals surface area contributed by atoms with Gasteiger partial charge in [0.15, 0.2) is 0 Å². The van der Waals surface area contributed by atoms with Crippen LogP contribution in [0.15, 0.2) is 83.3 Å². The van der Waals surface area contributed by atoms with Crippen LogP contribution in [0.3, 0.4) is 0 Å². The number of unbranched alkanes of at least 4 members (excludes halogenated alkanes) is 2. The molecule has 0 saturated heterocycles. The van der Waals surface area contributed by atoms with Gasteiger partial charge in [0.2, 0.25) is 0 Å². The van der Waals surface area contributed by atoms with E-state index in [9.17, 15) is 4.79 Å². The van der Waals surface area contributed by atoms with E-state index in [1.54, 1.807) is 0 Å². The first-order valence-electron chi connectivity index (χ1n) is 11.9. The van der Waals surface area contributed by atoms with Gasteiger partial charge in [-0.25, -0.2) is 4.98 Å². The third kappa shape index (κ3) is 6.70. The van der Waals surface area contributed by atoms with Gasteiger partial charge in [-0.05, 0) is 61.7 Å². The van der Waals surface area contributed by atoms with E-state index >= 15 is 0 Å². The highest BCUT2D eigenvalue weighted by Crippen LogP contribution is 2.19. The second kappa shape index (κ2) is 12.4. The minimum Gasteiger partial charge on any atom is -0.494 e. The molecular formula is C28H30BrN3O2. The maximum absolute atomic E-state index is 12.3. The number of ether oxygens (including phenoxy) is 1. The van der Waals surface area contributed by atoms with E-state index in [0.29, 0.717) is 18.7 Å². The minimum absolute atomic E-state index is 0.0270. The van der Waals surface area contributed by atoms with E-state index < -0.39 is 0 Å². The molecule has 5 nitrogen and oxygen atoms in total. The highest BCUT2D eigenvalue weighted by atomic mass is 79.9. The van der Waals surface area contributed by atoms with E-state index in [0.717, 1.165) is 60.2 Å². The Kier molecular flexibility index (Phi) is 8.74. The molecule has 1 amide bonds. The predicted molar refractivity (Wildman–Crippen MR) is 140 cm³/mol. The fourth-order valence-corrected chi connectivity index (χ4v) is 4.41. The lowest BCUT2D eigenvalue weighted by Gasteiger charge is -2.11. The number of fused-ring (bicyclic) bond motifs is 1. The number of para-hydroxylation sites is 3. The number of rotatable bonds is 12. The van der Waals surface area contributed by atoms with Gasteiger partial charge in [0.05, 0.1) is 17.6 Å². The number of benzene rings is 3. The fourth-order valence-electron chi connectivity index (χ4n) is 4.01. The molecule has 0 radical (unpaired) electrons. The summed E-state index contributed by atoms with van der Waals surface area (Å²) in [5, 5.41) is 3.01. The molecular weight excluding hydrogens is 490 g/mol. The van der Waals surface area contributed by atoms with Crippen LogP contribution in [-0.4, -0.2) is 28.6 Å². The van der Waals surface area contributed by atoms with Gasteiger partial charge in [-0.2, -0.15) is 0 Å². The summed E-state index contributed by atoms with van der Waals surface area (Å²) in [6.07, 6.45) is 4.87. The Balaban J connectivity index is 1.24. The average Bonchev–Trinajstić information content (AvgIpc) is 3.21. The molecule has 1 N–H and O–H groups in total. The smallest absolute Gasteiger partial charge is 0.251 e. The number of carbonyl (C=O) groups excluding carboxylic acids is 1. The molecule has 3 aromatic carbocycles. The van der Waals surface area contributed by atoms with Crippen molar-refractivity contribution < 1.29 is 9.53 Å². The SMILES string of the molecule is O=C(NCCCCCc1nc2ccccc2n1CCCOc1ccccc1)c1cccc(Br)c1. The van der Waals surface area contributed by atoms with Crippen LogP contribution in [0.2, 0.25) is 0 Å². The number of nitrogens with zero attached hydrogens (tertiary/aromatic N) is 2. The molecule has 4 aromatic rings. The van der Waals surface area contributed by atoms with Crippen molar-refractivity contribution in [1.29, 1.82) is 0 Å². The normalized spacial score (nSPS) is 11.0. The van der Waals surface area contributed by atoms with Crippen molar-refractivity contribution in [3.8, 4) is 5.75 Å². The molecule has 0 saturated carbocycles. The van der Waals surface area contributed by atoms with Crippen molar-refractivity contribution in [3.05, 3.63) is 94.7 Å². The number of imidazole rings is 1. The molecule has 176 valence electrons. The number of amides is 1. The van der Waals surface area contributed by atoms with E-state index in [2.05, 4.69) is 44.0 Å². The number of aryl methyl sites for hydroxylation is 2. The Morgan fingerprint density at radius 1 is 0.912 bits per heavy atom. The van der Waals surface area contributed by atoms with Crippen LogP contribution in [0.4, 0.5) is 0 Å². The molecule has 0 fully saturated rings. The lowest BCUT2D eigenvalue weighted by atomic mass is 10.1. The van der Waals surface area contributed by atoms with Gasteiger partial charge < -0.3 is 14.6 Å². The van der Waals surface area contributed by atoms with Crippen LogP contribution < -0.4 is 10.1 Å². The highest BCUT2D eigenvalue weighted by molar-refractivity contribution is 9.10. The zero-order chi connectivity index (χ0) is 23.6. The van der Waals surface area contributed by atoms with Crippen molar-refractivity contribution in [2.45, 2.75) is 38.6 Å². The summed E-state index contributed by atoms with van der Waals surface area (Å²) in [4.78, 5) is 17.1. The Labute approximate surface area is 209 Å². The molecule has 0 aliphatic rings. The number of hydrogen-bond acceptors (Lipinski definition) is 3. The largest absolute Gasteiger partial charge is 0.494 e. The lowest BCUT2D eigenvalue weighted by molar-refractivity contribution is 0.0953. The first-order chi connectivity index (χ1) is 16.7.